The van der Waals surface area contributed by atoms with Crippen LogP contribution >= 0.6 is 15.9 Å². The molecule has 0 aliphatic carbocycles. The molecule has 0 aromatic carbocycles. The molecule has 1 heterocycles. The topological polar surface area (TPSA) is 38.9 Å². The second-order valence-electron chi connectivity index (χ2n) is 4.23. The normalized spacial score (nSPS) is 12.6. The van der Waals surface area contributed by atoms with E-state index in [0.717, 1.165) is 17.8 Å². The highest BCUT2D eigenvalue weighted by molar-refractivity contribution is 9.09. The van der Waals surface area contributed by atoms with Gasteiger partial charge in [0.1, 0.15) is 0 Å². The van der Waals surface area contributed by atoms with Crippen LogP contribution in [0.2, 0.25) is 0 Å². The molecule has 0 spiro atoms. The van der Waals surface area contributed by atoms with Gasteiger partial charge < -0.3 is 5.73 Å². The molecular formula is C13H21BrN2. The molecule has 90 valence electrons. The van der Waals surface area contributed by atoms with E-state index in [1.54, 1.807) is 6.20 Å². The molecule has 16 heavy (non-hydrogen) atoms. The van der Waals surface area contributed by atoms with E-state index in [-0.39, 0.29) is 0 Å². The Morgan fingerprint density at radius 1 is 1.38 bits per heavy atom. The van der Waals surface area contributed by atoms with Crippen LogP contribution in [0.1, 0.15) is 44.7 Å². The first-order chi connectivity index (χ1) is 7.72. The van der Waals surface area contributed by atoms with Crippen molar-refractivity contribution >= 4 is 21.6 Å². The summed E-state index contributed by atoms with van der Waals surface area (Å²) in [6.45, 7) is 2.24. The van der Waals surface area contributed by atoms with Crippen LogP contribution in [-0.4, -0.2) is 9.81 Å². The first kappa shape index (κ1) is 13.5. The number of hydrogen-bond donors (Lipinski definition) is 1. The van der Waals surface area contributed by atoms with Gasteiger partial charge in [-0.05, 0) is 18.6 Å². The van der Waals surface area contributed by atoms with Gasteiger partial charge in [0.25, 0.3) is 0 Å². The van der Waals surface area contributed by atoms with E-state index in [1.165, 1.54) is 32.1 Å². The van der Waals surface area contributed by atoms with Crippen molar-refractivity contribution in [2.75, 3.05) is 5.73 Å². The number of aromatic nitrogens is 1. The first-order valence-corrected chi connectivity index (χ1v) is 6.98. The van der Waals surface area contributed by atoms with Gasteiger partial charge >= 0.3 is 0 Å². The predicted molar refractivity (Wildman–Crippen MR) is 73.8 cm³/mol. The Kier molecular flexibility index (Phi) is 6.46. The van der Waals surface area contributed by atoms with Crippen molar-refractivity contribution in [2.45, 2.75) is 50.3 Å². The van der Waals surface area contributed by atoms with Crippen molar-refractivity contribution in [3.63, 3.8) is 0 Å². The van der Waals surface area contributed by atoms with Gasteiger partial charge in [-0.3, -0.25) is 4.98 Å². The minimum absolute atomic E-state index is 0.527. The third kappa shape index (κ3) is 5.50. The number of rotatable bonds is 7. The lowest BCUT2D eigenvalue weighted by atomic mass is 10.1. The van der Waals surface area contributed by atoms with Crippen LogP contribution in [0, 0.1) is 0 Å². The molecule has 1 rings (SSSR count). The lowest BCUT2D eigenvalue weighted by molar-refractivity contribution is 0.617. The number of nitrogens with zero attached hydrogens (tertiary/aromatic N) is 1. The quantitative estimate of drug-likeness (QED) is 0.608. The molecule has 0 fully saturated rings. The Morgan fingerprint density at radius 3 is 2.88 bits per heavy atom. The highest BCUT2D eigenvalue weighted by atomic mass is 79.9. The minimum Gasteiger partial charge on any atom is -0.399 e. The minimum atomic E-state index is 0.527. The fourth-order valence-electron chi connectivity index (χ4n) is 1.73. The molecule has 2 N–H and O–H groups in total. The van der Waals surface area contributed by atoms with Crippen molar-refractivity contribution in [3.05, 3.63) is 24.0 Å². The molecule has 1 atom stereocenters. The number of halogens is 1. The fourth-order valence-corrected chi connectivity index (χ4v) is 2.39. The average Bonchev–Trinajstić information content (AvgIpc) is 2.24. The molecule has 0 saturated heterocycles. The summed E-state index contributed by atoms with van der Waals surface area (Å²) in [6, 6.07) is 3.79. The number of anilines is 1. The van der Waals surface area contributed by atoms with Crippen LogP contribution < -0.4 is 5.73 Å². The molecule has 2 nitrogen and oxygen atoms in total. The predicted octanol–water partition coefficient (Wildman–Crippen LogP) is 3.94. The lowest BCUT2D eigenvalue weighted by Crippen LogP contribution is -2.04. The van der Waals surface area contributed by atoms with Crippen LogP contribution in [0.4, 0.5) is 5.69 Å². The summed E-state index contributed by atoms with van der Waals surface area (Å²) < 4.78 is 0. The Labute approximate surface area is 107 Å². The summed E-state index contributed by atoms with van der Waals surface area (Å²) in [7, 11) is 0. The summed E-state index contributed by atoms with van der Waals surface area (Å²) in [6.07, 6.45) is 9.24. The molecule has 0 amide bonds. The maximum absolute atomic E-state index is 5.72. The average molecular weight is 285 g/mol. The van der Waals surface area contributed by atoms with E-state index in [1.807, 2.05) is 12.1 Å². The van der Waals surface area contributed by atoms with Gasteiger partial charge in [0.05, 0.1) is 0 Å². The maximum atomic E-state index is 5.72. The Hall–Kier alpha value is -0.570. The zero-order chi connectivity index (χ0) is 11.8. The third-order valence-corrected chi connectivity index (χ3v) is 3.42. The van der Waals surface area contributed by atoms with Gasteiger partial charge in [-0.2, -0.15) is 0 Å². The monoisotopic (exact) mass is 284 g/mol. The maximum Gasteiger partial charge on any atom is 0.0435 e. The van der Waals surface area contributed by atoms with Crippen LogP contribution in [0.3, 0.4) is 0 Å². The van der Waals surface area contributed by atoms with Crippen molar-refractivity contribution in [1.29, 1.82) is 0 Å². The van der Waals surface area contributed by atoms with Crippen molar-refractivity contribution in [2.24, 2.45) is 0 Å². The van der Waals surface area contributed by atoms with Gasteiger partial charge in [0, 0.05) is 28.8 Å². The van der Waals surface area contributed by atoms with Gasteiger partial charge in [-0.1, -0.05) is 48.5 Å². The highest BCUT2D eigenvalue weighted by Gasteiger charge is 2.06. The molecule has 0 aliphatic rings. The molecule has 1 aromatic rings. The molecule has 0 aliphatic heterocycles. The van der Waals surface area contributed by atoms with Crippen LogP contribution in [0.15, 0.2) is 18.3 Å². The number of alkyl halides is 1. The zero-order valence-electron chi connectivity index (χ0n) is 9.95. The number of pyridine rings is 1. The lowest BCUT2D eigenvalue weighted by Gasteiger charge is -2.09. The van der Waals surface area contributed by atoms with Crippen molar-refractivity contribution in [3.8, 4) is 0 Å². The smallest absolute Gasteiger partial charge is 0.0435 e. The van der Waals surface area contributed by atoms with E-state index in [0.29, 0.717) is 4.83 Å². The number of hydrogen-bond acceptors (Lipinski definition) is 2. The van der Waals surface area contributed by atoms with Crippen LogP contribution in [-0.2, 0) is 6.42 Å². The van der Waals surface area contributed by atoms with Crippen LogP contribution in [0.5, 0.6) is 0 Å². The fraction of sp³-hybridized carbons (Fsp3) is 0.615. The van der Waals surface area contributed by atoms with Crippen molar-refractivity contribution < 1.29 is 0 Å². The SMILES string of the molecule is CCCCCCC(Br)Cc1cc(N)ccn1. The summed E-state index contributed by atoms with van der Waals surface area (Å²) in [5, 5.41) is 0. The summed E-state index contributed by atoms with van der Waals surface area (Å²) in [4.78, 5) is 4.84. The molecular weight excluding hydrogens is 264 g/mol. The molecule has 0 radical (unpaired) electrons. The molecule has 1 aromatic heterocycles. The van der Waals surface area contributed by atoms with E-state index >= 15 is 0 Å². The Morgan fingerprint density at radius 2 is 2.19 bits per heavy atom. The van der Waals surface area contributed by atoms with Gasteiger partial charge in [0.15, 0.2) is 0 Å². The first-order valence-electron chi connectivity index (χ1n) is 6.07. The summed E-state index contributed by atoms with van der Waals surface area (Å²) >= 11 is 3.71. The van der Waals surface area contributed by atoms with E-state index < -0.39 is 0 Å². The Balaban J connectivity index is 2.25. The zero-order valence-corrected chi connectivity index (χ0v) is 11.5. The number of nitrogen functional groups attached to an aromatic ring is 1. The molecule has 1 unspecified atom stereocenters. The van der Waals surface area contributed by atoms with Gasteiger partial charge in [-0.25, -0.2) is 0 Å². The van der Waals surface area contributed by atoms with E-state index in [2.05, 4.69) is 27.8 Å². The Bertz CT molecular complexity index is 302. The second kappa shape index (κ2) is 7.66. The molecule has 0 saturated carbocycles. The number of nitrogens with two attached hydrogens (primary N) is 1. The van der Waals surface area contributed by atoms with E-state index in [9.17, 15) is 0 Å². The highest BCUT2D eigenvalue weighted by Crippen LogP contribution is 2.17. The standard InChI is InChI=1S/C13H21BrN2/c1-2-3-4-5-6-11(14)9-13-10-12(15)7-8-16-13/h7-8,10-11H,2-6,9H2,1H3,(H2,15,16). The van der Waals surface area contributed by atoms with E-state index in [4.69, 9.17) is 5.73 Å². The summed E-state index contributed by atoms with van der Waals surface area (Å²) in [5.74, 6) is 0. The third-order valence-electron chi connectivity index (χ3n) is 2.64. The largest absolute Gasteiger partial charge is 0.399 e. The van der Waals surface area contributed by atoms with Gasteiger partial charge in [-0.15, -0.1) is 0 Å². The van der Waals surface area contributed by atoms with Crippen molar-refractivity contribution in [1.82, 2.24) is 4.98 Å². The molecule has 3 heteroatoms. The van der Waals surface area contributed by atoms with Crippen LogP contribution in [0.25, 0.3) is 0 Å². The number of unbranched alkanes of at least 4 members (excludes halogenated alkanes) is 3. The summed E-state index contributed by atoms with van der Waals surface area (Å²) in [5.41, 5.74) is 7.60. The second-order valence-corrected chi connectivity index (χ2v) is 5.53. The molecule has 0 bridgehead atoms. The van der Waals surface area contributed by atoms with Gasteiger partial charge in [0.2, 0.25) is 0 Å².